The van der Waals surface area contributed by atoms with Crippen LogP contribution in [0.2, 0.25) is 0 Å². The molecule has 1 N–H and O–H groups in total. The van der Waals surface area contributed by atoms with Crippen LogP contribution >= 0.6 is 12.2 Å². The highest BCUT2D eigenvalue weighted by atomic mass is 32.1. The molecule has 0 aliphatic carbocycles. The van der Waals surface area contributed by atoms with Crippen molar-refractivity contribution in [1.29, 1.82) is 0 Å². The third kappa shape index (κ3) is 4.23. The molecule has 2 aliphatic rings. The van der Waals surface area contributed by atoms with Gasteiger partial charge in [-0.05, 0) is 85.0 Å². The summed E-state index contributed by atoms with van der Waals surface area (Å²) in [4.78, 5) is 9.14. The van der Waals surface area contributed by atoms with Crippen LogP contribution in [0.25, 0.3) is 5.69 Å². The minimum absolute atomic E-state index is 0.160. The average molecular weight is 500 g/mol. The Hall–Kier alpha value is -3.75. The van der Waals surface area contributed by atoms with Gasteiger partial charge in [0.25, 0.3) is 0 Å². The Bertz CT molecular complexity index is 1340. The van der Waals surface area contributed by atoms with Gasteiger partial charge in [-0.25, -0.2) is 4.39 Å². The van der Waals surface area contributed by atoms with Crippen molar-refractivity contribution >= 4 is 28.7 Å². The standard InChI is InChI=1S/C28H26FN5OS/c29-20-6-8-22(9-7-20)33-15-3-5-25(33)27-26(24-4-1-2-14-30-24)31-28(36)34(27)23-12-10-21(11-13-23)32-16-18-35-19-17-32/h1-15,26-27H,16-19H2,(H,31,36). The summed E-state index contributed by atoms with van der Waals surface area (Å²) >= 11 is 5.89. The SMILES string of the molecule is Fc1ccc(-n2cccc2C2C(c3ccccn3)NC(=S)N2c2ccc(N3CCOCC3)cc2)cc1. The predicted molar refractivity (Wildman–Crippen MR) is 143 cm³/mol. The van der Waals surface area contributed by atoms with E-state index in [1.165, 1.54) is 17.8 Å². The topological polar surface area (TPSA) is 45.6 Å². The summed E-state index contributed by atoms with van der Waals surface area (Å²) in [7, 11) is 0. The lowest BCUT2D eigenvalue weighted by Crippen LogP contribution is -2.36. The summed E-state index contributed by atoms with van der Waals surface area (Å²) in [6.07, 6.45) is 3.80. The Labute approximate surface area is 214 Å². The summed E-state index contributed by atoms with van der Waals surface area (Å²) in [5.74, 6) is -0.260. The number of morpholine rings is 1. The van der Waals surface area contributed by atoms with Gasteiger partial charge in [-0.2, -0.15) is 0 Å². The number of halogens is 1. The molecule has 0 amide bonds. The molecule has 0 radical (unpaired) electrons. The molecule has 2 unspecified atom stereocenters. The second-order valence-corrected chi connectivity index (χ2v) is 9.28. The van der Waals surface area contributed by atoms with Gasteiger partial charge in [0.05, 0.1) is 24.9 Å². The smallest absolute Gasteiger partial charge is 0.174 e. The Morgan fingerprint density at radius 1 is 0.861 bits per heavy atom. The van der Waals surface area contributed by atoms with Gasteiger partial charge in [0.15, 0.2) is 5.11 Å². The van der Waals surface area contributed by atoms with E-state index in [1.54, 1.807) is 18.3 Å². The first-order valence-electron chi connectivity index (χ1n) is 12.1. The van der Waals surface area contributed by atoms with Crippen molar-refractivity contribution in [3.05, 3.63) is 108 Å². The molecule has 8 heteroatoms. The fourth-order valence-electron chi connectivity index (χ4n) is 5.05. The van der Waals surface area contributed by atoms with Crippen LogP contribution in [-0.2, 0) is 4.74 Å². The Morgan fingerprint density at radius 3 is 2.31 bits per heavy atom. The average Bonchev–Trinajstić information content (AvgIpc) is 3.54. The molecule has 2 fully saturated rings. The number of nitrogens with one attached hydrogen (secondary N) is 1. The monoisotopic (exact) mass is 499 g/mol. The molecular formula is C28H26FN5OS. The summed E-state index contributed by atoms with van der Waals surface area (Å²) in [5.41, 5.74) is 5.00. The van der Waals surface area contributed by atoms with Crippen LogP contribution in [0.3, 0.4) is 0 Å². The lowest BCUT2D eigenvalue weighted by Gasteiger charge is -2.31. The summed E-state index contributed by atoms with van der Waals surface area (Å²) in [6, 6.07) is 24.8. The van der Waals surface area contributed by atoms with E-state index in [4.69, 9.17) is 17.0 Å². The highest BCUT2D eigenvalue weighted by Crippen LogP contribution is 2.42. The Balaban J connectivity index is 1.41. The molecule has 0 spiro atoms. The minimum atomic E-state index is -0.260. The number of nitrogens with zero attached hydrogens (tertiary/aromatic N) is 4. The van der Waals surface area contributed by atoms with Gasteiger partial charge in [0.2, 0.25) is 0 Å². The molecule has 0 bridgehead atoms. The number of hydrogen-bond donors (Lipinski definition) is 1. The molecule has 4 heterocycles. The van der Waals surface area contributed by atoms with E-state index in [0.29, 0.717) is 5.11 Å². The van der Waals surface area contributed by atoms with Crippen molar-refractivity contribution in [3.8, 4) is 5.69 Å². The highest BCUT2D eigenvalue weighted by molar-refractivity contribution is 7.80. The number of rotatable bonds is 5. The molecule has 2 saturated heterocycles. The fraction of sp³-hybridized carbons (Fsp3) is 0.214. The van der Waals surface area contributed by atoms with Gasteiger partial charge in [0, 0.05) is 48.2 Å². The van der Waals surface area contributed by atoms with Gasteiger partial charge >= 0.3 is 0 Å². The summed E-state index contributed by atoms with van der Waals surface area (Å²) < 4.78 is 21.2. The predicted octanol–water partition coefficient (Wildman–Crippen LogP) is 5.03. The van der Waals surface area contributed by atoms with Crippen LogP contribution in [0, 0.1) is 5.82 Å². The van der Waals surface area contributed by atoms with Crippen LogP contribution in [0.4, 0.5) is 15.8 Å². The first-order chi connectivity index (χ1) is 17.7. The van der Waals surface area contributed by atoms with Crippen LogP contribution in [0.1, 0.15) is 23.5 Å². The van der Waals surface area contributed by atoms with Crippen molar-refractivity contribution < 1.29 is 9.13 Å². The van der Waals surface area contributed by atoms with E-state index < -0.39 is 0 Å². The number of benzene rings is 2. The molecular weight excluding hydrogens is 473 g/mol. The quantitative estimate of drug-likeness (QED) is 0.389. The van der Waals surface area contributed by atoms with E-state index in [1.807, 2.05) is 30.5 Å². The highest BCUT2D eigenvalue weighted by Gasteiger charge is 2.42. The second-order valence-electron chi connectivity index (χ2n) is 8.89. The van der Waals surface area contributed by atoms with Crippen LogP contribution in [0.15, 0.2) is 91.3 Å². The molecule has 2 aromatic heterocycles. The van der Waals surface area contributed by atoms with Crippen LogP contribution in [0.5, 0.6) is 0 Å². The third-order valence-electron chi connectivity index (χ3n) is 6.79. The second kappa shape index (κ2) is 9.72. The van der Waals surface area contributed by atoms with E-state index in [-0.39, 0.29) is 17.9 Å². The maximum atomic E-state index is 13.7. The minimum Gasteiger partial charge on any atom is -0.378 e. The number of pyridine rings is 1. The first-order valence-corrected chi connectivity index (χ1v) is 12.5. The molecule has 182 valence electrons. The van der Waals surface area contributed by atoms with Crippen molar-refractivity contribution in [2.45, 2.75) is 12.1 Å². The normalized spacial score (nSPS) is 20.0. The lowest BCUT2D eigenvalue weighted by atomic mass is 10.0. The van der Waals surface area contributed by atoms with Gasteiger partial charge in [0.1, 0.15) is 11.9 Å². The number of ether oxygens (including phenoxy) is 1. The fourth-order valence-corrected chi connectivity index (χ4v) is 5.40. The van der Waals surface area contributed by atoms with Gasteiger partial charge in [-0.1, -0.05) is 6.07 Å². The molecule has 2 atom stereocenters. The maximum absolute atomic E-state index is 13.7. The number of anilines is 2. The Kier molecular flexibility index (Phi) is 6.13. The van der Waals surface area contributed by atoms with E-state index >= 15 is 0 Å². The van der Waals surface area contributed by atoms with Crippen molar-refractivity contribution in [2.75, 3.05) is 36.1 Å². The maximum Gasteiger partial charge on any atom is 0.174 e. The zero-order valence-corrected chi connectivity index (χ0v) is 20.4. The first kappa shape index (κ1) is 22.7. The van der Waals surface area contributed by atoms with Gasteiger partial charge in [-0.3, -0.25) is 4.98 Å². The van der Waals surface area contributed by atoms with E-state index in [0.717, 1.165) is 49.1 Å². The van der Waals surface area contributed by atoms with Crippen LogP contribution in [-0.4, -0.2) is 41.0 Å². The lowest BCUT2D eigenvalue weighted by molar-refractivity contribution is 0.122. The number of thiocarbonyl (C=S) groups is 1. The zero-order chi connectivity index (χ0) is 24.5. The molecule has 0 saturated carbocycles. The van der Waals surface area contributed by atoms with Crippen molar-refractivity contribution in [3.63, 3.8) is 0 Å². The molecule has 6 rings (SSSR count). The largest absolute Gasteiger partial charge is 0.378 e. The van der Waals surface area contributed by atoms with E-state index in [2.05, 4.69) is 55.0 Å². The summed E-state index contributed by atoms with van der Waals surface area (Å²) in [5, 5.41) is 4.16. The summed E-state index contributed by atoms with van der Waals surface area (Å²) in [6.45, 7) is 3.27. The molecule has 36 heavy (non-hydrogen) atoms. The van der Waals surface area contributed by atoms with Crippen molar-refractivity contribution in [1.82, 2.24) is 14.9 Å². The van der Waals surface area contributed by atoms with Crippen molar-refractivity contribution in [2.24, 2.45) is 0 Å². The number of hydrogen-bond acceptors (Lipinski definition) is 4. The molecule has 2 aliphatic heterocycles. The molecule has 4 aromatic rings. The molecule has 2 aromatic carbocycles. The number of aromatic nitrogens is 2. The Morgan fingerprint density at radius 2 is 1.58 bits per heavy atom. The van der Waals surface area contributed by atoms with Gasteiger partial charge in [-0.15, -0.1) is 0 Å². The molecule has 6 nitrogen and oxygen atoms in total. The van der Waals surface area contributed by atoms with Crippen LogP contribution < -0.4 is 15.1 Å². The third-order valence-corrected chi connectivity index (χ3v) is 7.10. The van der Waals surface area contributed by atoms with Gasteiger partial charge < -0.3 is 24.4 Å². The zero-order valence-electron chi connectivity index (χ0n) is 19.6. The van der Waals surface area contributed by atoms with E-state index in [9.17, 15) is 4.39 Å².